The summed E-state index contributed by atoms with van der Waals surface area (Å²) in [6, 6.07) is 0. The van der Waals surface area contributed by atoms with Crippen LogP contribution in [0.1, 0.15) is 59.8 Å². The number of hydrogen-bond acceptors (Lipinski definition) is 2. The third-order valence-corrected chi connectivity index (χ3v) is 2.97. The largest absolute Gasteiger partial charge is 0.478 e. The Morgan fingerprint density at radius 1 is 1.10 bits per heavy atom. The van der Waals surface area contributed by atoms with Crippen molar-refractivity contribution in [2.75, 3.05) is 0 Å². The summed E-state index contributed by atoms with van der Waals surface area (Å²) in [5, 5.41) is 16.4. The Bertz CT molecular complexity index is 340. The maximum Gasteiger partial charge on any atom is 0.331 e. The molecule has 0 heterocycles. The van der Waals surface area contributed by atoms with E-state index in [2.05, 4.69) is 20.4 Å². The second-order valence-corrected chi connectivity index (χ2v) is 5.25. The zero-order valence-electron chi connectivity index (χ0n) is 13.1. The molecule has 0 saturated heterocycles. The Morgan fingerprint density at radius 3 is 1.95 bits per heavy atom. The maximum atomic E-state index is 10.7. The highest BCUT2D eigenvalue weighted by Crippen LogP contribution is 2.15. The van der Waals surface area contributed by atoms with Crippen LogP contribution in [0.4, 0.5) is 0 Å². The second-order valence-electron chi connectivity index (χ2n) is 5.25. The third kappa shape index (κ3) is 14.5. The SMILES string of the molecule is C=CC(=O)O.CC(CCCCCC(C)C)=C(C)C(=O)O. The quantitative estimate of drug-likeness (QED) is 0.515. The average Bonchev–Trinajstić information content (AvgIpc) is 2.37. The summed E-state index contributed by atoms with van der Waals surface area (Å²) >= 11 is 0. The van der Waals surface area contributed by atoms with E-state index in [4.69, 9.17) is 10.2 Å². The van der Waals surface area contributed by atoms with Crippen LogP contribution in [0.3, 0.4) is 0 Å². The third-order valence-electron chi connectivity index (χ3n) is 2.97. The Labute approximate surface area is 122 Å². The number of rotatable bonds is 8. The van der Waals surface area contributed by atoms with Gasteiger partial charge in [-0.25, -0.2) is 9.59 Å². The van der Waals surface area contributed by atoms with E-state index in [0.717, 1.165) is 30.4 Å². The molecular weight excluding hydrogens is 256 g/mol. The molecular formula is C16H28O4. The van der Waals surface area contributed by atoms with Crippen LogP contribution < -0.4 is 0 Å². The fourth-order valence-corrected chi connectivity index (χ4v) is 1.49. The molecule has 0 aromatic rings. The lowest BCUT2D eigenvalue weighted by atomic mass is 10.0. The molecule has 0 aromatic heterocycles. The molecule has 4 heteroatoms. The summed E-state index contributed by atoms with van der Waals surface area (Å²) < 4.78 is 0. The highest BCUT2D eigenvalue weighted by atomic mass is 16.4. The van der Waals surface area contributed by atoms with E-state index in [-0.39, 0.29) is 0 Å². The number of carboxylic acids is 2. The summed E-state index contributed by atoms with van der Waals surface area (Å²) in [4.78, 5) is 19.9. The standard InChI is InChI=1S/C13H24O2.C3H4O2/c1-10(2)8-6-5-7-9-11(3)12(4)13(14)15;1-2-3(4)5/h10H,5-9H2,1-4H3,(H,14,15);2H,1H2,(H,4,5). The molecule has 0 aliphatic heterocycles. The van der Waals surface area contributed by atoms with Gasteiger partial charge < -0.3 is 10.2 Å². The molecule has 0 unspecified atom stereocenters. The number of aliphatic carboxylic acids is 2. The van der Waals surface area contributed by atoms with E-state index in [1.165, 1.54) is 19.3 Å². The first-order chi connectivity index (χ1) is 9.22. The fraction of sp³-hybridized carbons (Fsp3) is 0.625. The predicted molar refractivity (Wildman–Crippen MR) is 81.8 cm³/mol. The van der Waals surface area contributed by atoms with Crippen LogP contribution in [0.5, 0.6) is 0 Å². The summed E-state index contributed by atoms with van der Waals surface area (Å²) in [6.45, 7) is 11.0. The van der Waals surface area contributed by atoms with Crippen molar-refractivity contribution in [3.8, 4) is 0 Å². The summed E-state index contributed by atoms with van der Waals surface area (Å²) in [5.74, 6) is -0.984. The molecule has 0 amide bonds. The minimum atomic E-state index is -0.981. The molecule has 0 aliphatic carbocycles. The summed E-state index contributed by atoms with van der Waals surface area (Å²) in [6.07, 6.45) is 6.62. The first-order valence-electron chi connectivity index (χ1n) is 6.97. The lowest BCUT2D eigenvalue weighted by molar-refractivity contribution is -0.133. The first kappa shape index (κ1) is 20.7. The van der Waals surface area contributed by atoms with E-state index >= 15 is 0 Å². The van der Waals surface area contributed by atoms with Gasteiger partial charge in [-0.05, 0) is 32.6 Å². The zero-order chi connectivity index (χ0) is 16.1. The lowest BCUT2D eigenvalue weighted by Gasteiger charge is -2.06. The van der Waals surface area contributed by atoms with E-state index in [1.54, 1.807) is 6.92 Å². The van der Waals surface area contributed by atoms with Crippen LogP contribution in [-0.2, 0) is 9.59 Å². The van der Waals surface area contributed by atoms with Crippen molar-refractivity contribution in [2.45, 2.75) is 59.8 Å². The van der Waals surface area contributed by atoms with Crippen LogP contribution in [0.15, 0.2) is 23.8 Å². The minimum absolute atomic E-state index is 0.513. The molecule has 0 aromatic carbocycles. The van der Waals surface area contributed by atoms with Gasteiger partial charge in [0.2, 0.25) is 0 Å². The van der Waals surface area contributed by atoms with Crippen molar-refractivity contribution in [2.24, 2.45) is 5.92 Å². The monoisotopic (exact) mass is 284 g/mol. The summed E-state index contributed by atoms with van der Waals surface area (Å²) in [7, 11) is 0. The number of hydrogen-bond donors (Lipinski definition) is 2. The molecule has 0 fully saturated rings. The van der Waals surface area contributed by atoms with Gasteiger partial charge >= 0.3 is 11.9 Å². The van der Waals surface area contributed by atoms with Gasteiger partial charge in [0.05, 0.1) is 0 Å². The van der Waals surface area contributed by atoms with Crippen LogP contribution >= 0.6 is 0 Å². The molecule has 0 bridgehead atoms. The molecule has 116 valence electrons. The molecule has 0 aliphatic rings. The molecule has 0 rings (SSSR count). The van der Waals surface area contributed by atoms with E-state index in [0.29, 0.717) is 5.57 Å². The Balaban J connectivity index is 0. The van der Waals surface area contributed by atoms with Gasteiger partial charge in [0.1, 0.15) is 0 Å². The van der Waals surface area contributed by atoms with Gasteiger partial charge in [0.25, 0.3) is 0 Å². The zero-order valence-corrected chi connectivity index (χ0v) is 13.1. The predicted octanol–water partition coefficient (Wildman–Crippen LogP) is 4.27. The van der Waals surface area contributed by atoms with Gasteiger partial charge in [-0.1, -0.05) is 45.3 Å². The highest BCUT2D eigenvalue weighted by molar-refractivity contribution is 5.86. The molecule has 20 heavy (non-hydrogen) atoms. The van der Waals surface area contributed by atoms with E-state index < -0.39 is 11.9 Å². The van der Waals surface area contributed by atoms with Gasteiger partial charge in [-0.2, -0.15) is 0 Å². The van der Waals surface area contributed by atoms with E-state index in [9.17, 15) is 9.59 Å². The van der Waals surface area contributed by atoms with Crippen LogP contribution in [0, 0.1) is 5.92 Å². The topological polar surface area (TPSA) is 74.6 Å². The van der Waals surface area contributed by atoms with Crippen LogP contribution in [-0.4, -0.2) is 22.2 Å². The van der Waals surface area contributed by atoms with E-state index in [1.807, 2.05) is 6.92 Å². The number of unbranched alkanes of at least 4 members (excludes halogenated alkanes) is 2. The Morgan fingerprint density at radius 2 is 1.60 bits per heavy atom. The van der Waals surface area contributed by atoms with Crippen molar-refractivity contribution in [3.63, 3.8) is 0 Å². The molecule has 0 radical (unpaired) electrons. The van der Waals surface area contributed by atoms with Gasteiger partial charge in [-0.3, -0.25) is 0 Å². The highest BCUT2D eigenvalue weighted by Gasteiger charge is 2.04. The number of carboxylic acid groups (broad SMARTS) is 2. The van der Waals surface area contributed by atoms with Crippen molar-refractivity contribution >= 4 is 11.9 Å². The second kappa shape index (κ2) is 12.5. The van der Waals surface area contributed by atoms with Crippen LogP contribution in [0.2, 0.25) is 0 Å². The Hall–Kier alpha value is -1.58. The fourth-order valence-electron chi connectivity index (χ4n) is 1.49. The van der Waals surface area contributed by atoms with Gasteiger partial charge in [0.15, 0.2) is 0 Å². The minimum Gasteiger partial charge on any atom is -0.478 e. The number of carbonyl (C=O) groups is 2. The molecule has 0 saturated carbocycles. The molecule has 0 spiro atoms. The Kier molecular flexibility index (Phi) is 12.9. The molecule has 0 atom stereocenters. The van der Waals surface area contributed by atoms with Crippen LogP contribution in [0.25, 0.3) is 0 Å². The average molecular weight is 284 g/mol. The number of allylic oxidation sites excluding steroid dienone is 1. The first-order valence-corrected chi connectivity index (χ1v) is 6.97. The van der Waals surface area contributed by atoms with Crippen molar-refractivity contribution in [1.29, 1.82) is 0 Å². The lowest BCUT2D eigenvalue weighted by Crippen LogP contribution is -1.99. The van der Waals surface area contributed by atoms with Crippen molar-refractivity contribution in [3.05, 3.63) is 23.8 Å². The summed E-state index contributed by atoms with van der Waals surface area (Å²) in [5.41, 5.74) is 1.53. The van der Waals surface area contributed by atoms with Crippen molar-refractivity contribution in [1.82, 2.24) is 0 Å². The smallest absolute Gasteiger partial charge is 0.331 e. The molecule has 4 nitrogen and oxygen atoms in total. The molecule has 2 N–H and O–H groups in total. The maximum absolute atomic E-state index is 10.7. The van der Waals surface area contributed by atoms with Gasteiger partial charge in [0, 0.05) is 11.6 Å². The van der Waals surface area contributed by atoms with Gasteiger partial charge in [-0.15, -0.1) is 0 Å². The van der Waals surface area contributed by atoms with Crippen molar-refractivity contribution < 1.29 is 19.8 Å². The normalized spacial score (nSPS) is 11.2.